The Morgan fingerprint density at radius 2 is 1.08 bits per heavy atom. The Morgan fingerprint density at radius 1 is 0.584 bits per heavy atom. The molecule has 0 aromatic rings. The summed E-state index contributed by atoms with van der Waals surface area (Å²) >= 11 is 0.496. The lowest BCUT2D eigenvalue weighted by Crippen LogP contribution is -2.67. The molecule has 0 bridgehead atoms. The number of nitrogens with zero attached hydrogens (tertiary/aromatic N) is 1. The lowest BCUT2D eigenvalue weighted by atomic mass is 9.96. The first-order valence-electron chi connectivity index (χ1n) is 23.1. The molecule has 2 aliphatic rings. The quantitative estimate of drug-likeness (QED) is 0.0111. The van der Waals surface area contributed by atoms with Gasteiger partial charge in [-0.05, 0) is 12.8 Å². The van der Waals surface area contributed by atoms with E-state index in [0.717, 1.165) is 48.5 Å². The summed E-state index contributed by atoms with van der Waals surface area (Å²) in [5.41, 5.74) is 14.3. The molecular weight excluding hydrogens is 1060 g/mol. The van der Waals surface area contributed by atoms with Crippen molar-refractivity contribution in [2.24, 2.45) is 22.2 Å². The molecule has 2 rings (SSSR count). The van der Waals surface area contributed by atoms with Gasteiger partial charge in [-0.2, -0.15) is 0 Å². The van der Waals surface area contributed by atoms with Crippen molar-refractivity contribution in [3.05, 3.63) is 0 Å². The lowest BCUT2D eigenvalue weighted by Gasteiger charge is -2.48. The van der Waals surface area contributed by atoms with E-state index in [1.807, 2.05) is 0 Å². The molecule has 0 spiro atoms. The maximum atomic E-state index is 13.6. The maximum absolute atomic E-state index is 13.6. The average Bonchev–Trinajstić information content (AvgIpc) is 3.31. The van der Waals surface area contributed by atoms with E-state index in [1.165, 1.54) is 0 Å². The molecule has 33 nitrogen and oxygen atoms in total. The molecule has 4 amide bonds. The maximum Gasteiger partial charge on any atom is 0.327 e. The van der Waals surface area contributed by atoms with E-state index in [-0.39, 0.29) is 25.3 Å². The second-order valence-electron chi connectivity index (χ2n) is 16.6. The topological polar surface area (TPSA) is 493 Å². The number of aliphatic carboxylic acids is 2. The number of guanidine groups is 1. The summed E-state index contributed by atoms with van der Waals surface area (Å²) in [5.74, 6) is -15.4. The highest BCUT2D eigenvalue weighted by atomic mass is 32.2. The van der Waals surface area contributed by atoms with Crippen LogP contribution >= 0.6 is 11.8 Å². The molecule has 0 unspecified atom stereocenters. The Hall–Kier alpha value is -7.43. The third-order valence-corrected chi connectivity index (χ3v) is 11.4. The van der Waals surface area contributed by atoms with Gasteiger partial charge in [-0.3, -0.25) is 62.5 Å². The third kappa shape index (κ3) is 23.6. The van der Waals surface area contributed by atoms with Crippen LogP contribution < -0.4 is 38.5 Å². The molecule has 2 fully saturated rings. The van der Waals surface area contributed by atoms with Crippen molar-refractivity contribution in [3.63, 3.8) is 0 Å². The number of thioether (sulfide) groups is 1. The van der Waals surface area contributed by atoms with Gasteiger partial charge in [-0.15, -0.1) is 11.8 Å². The fourth-order valence-corrected chi connectivity index (χ4v) is 8.42. The zero-order valence-electron chi connectivity index (χ0n) is 42.7. The van der Waals surface area contributed by atoms with E-state index < -0.39 is 195 Å². The average molecular weight is 1130 g/mol. The highest BCUT2D eigenvalue weighted by Crippen LogP contribution is 2.38. The van der Waals surface area contributed by atoms with Gasteiger partial charge in [0, 0.05) is 60.8 Å². The Morgan fingerprint density at radius 3 is 1.57 bits per heavy atom. The first-order chi connectivity index (χ1) is 36.0. The third-order valence-electron chi connectivity index (χ3n) is 10.2. The monoisotopic (exact) mass is 1120 g/mol. The van der Waals surface area contributed by atoms with Gasteiger partial charge in [0.2, 0.25) is 23.6 Å². The van der Waals surface area contributed by atoms with E-state index in [2.05, 4.69) is 26.3 Å². The zero-order chi connectivity index (χ0) is 58.3. The molecule has 13 atom stereocenters. The molecule has 0 aromatic carbocycles. The molecule has 0 radical (unpaired) electrons. The molecule has 0 aromatic heterocycles. The number of ether oxygens (including phenoxy) is 10. The summed E-state index contributed by atoms with van der Waals surface area (Å²) in [6.45, 7) is 3.93. The van der Waals surface area contributed by atoms with Gasteiger partial charge in [-0.1, -0.05) is 0 Å². The van der Waals surface area contributed by atoms with Crippen LogP contribution in [0.2, 0.25) is 0 Å². The van der Waals surface area contributed by atoms with Crippen LogP contribution in [0.4, 0.5) is 0 Å². The highest BCUT2D eigenvalue weighted by molar-refractivity contribution is 7.99. The first kappa shape index (κ1) is 65.7. The van der Waals surface area contributed by atoms with Crippen molar-refractivity contribution in [2.45, 2.75) is 146 Å². The Balaban J connectivity index is 2.55. The van der Waals surface area contributed by atoms with Crippen molar-refractivity contribution in [2.75, 3.05) is 38.6 Å². The fourth-order valence-electron chi connectivity index (χ4n) is 7.19. The summed E-state index contributed by atoms with van der Waals surface area (Å²) in [7, 11) is 0. The molecule has 34 heteroatoms. The smallest absolute Gasteiger partial charge is 0.327 e. The number of esters is 7. The van der Waals surface area contributed by atoms with E-state index in [0.29, 0.717) is 11.8 Å². The lowest BCUT2D eigenvalue weighted by molar-refractivity contribution is -0.341. The van der Waals surface area contributed by atoms with Crippen LogP contribution in [0.1, 0.15) is 67.7 Å². The first-order valence-corrected chi connectivity index (χ1v) is 24.2. The number of carboxylic acid groups (broad SMARTS) is 2. The van der Waals surface area contributed by atoms with Crippen LogP contribution in [0.5, 0.6) is 0 Å². The van der Waals surface area contributed by atoms with E-state index >= 15 is 0 Å². The Kier molecular flexibility index (Phi) is 27.5. The Labute approximate surface area is 442 Å². The predicted molar refractivity (Wildman–Crippen MR) is 253 cm³/mol. The Bertz CT molecular complexity index is 2200. The number of amides is 4. The second kappa shape index (κ2) is 32.2. The summed E-state index contributed by atoms with van der Waals surface area (Å²) in [6, 6.07) is -5.21. The van der Waals surface area contributed by atoms with Gasteiger partial charge >= 0.3 is 53.7 Å². The predicted octanol–water partition coefficient (Wildman–Crippen LogP) is -5.52. The molecule has 0 aliphatic carbocycles. The van der Waals surface area contributed by atoms with Gasteiger partial charge < -0.3 is 96.0 Å². The van der Waals surface area contributed by atoms with Gasteiger partial charge in [0.25, 0.3) is 0 Å². The molecule has 2 aliphatic heterocycles. The molecule has 2 heterocycles. The van der Waals surface area contributed by atoms with Crippen LogP contribution in [0, 0.1) is 0 Å². The summed E-state index contributed by atoms with van der Waals surface area (Å²) in [6.07, 6.45) is -17.0. The summed E-state index contributed by atoms with van der Waals surface area (Å²) in [5, 5.41) is 28.6. The number of carbonyl (C=O) groups is 13. The number of hydrogen-bond acceptors (Lipinski definition) is 26. The SMILES string of the molecule is CC(=O)OC[C@H]1O[C@@H](O[C@H]2[C@H](OC(C)=O)[C@@H](OC(C)=O)[C@H](SC[C@H](NC(=O)[C@H](CC(=O)O)NC(=O)CNC(=O)[C@H](CCCN=C(N)N)NC(=O)CN)C(=O)O)O[C@@H]2COC(C)=O)[C@H](OC(C)=O)[C@@H](OC(C)=O)[C@H]1OC(C)=O. The van der Waals surface area contributed by atoms with Crippen LogP contribution in [0.3, 0.4) is 0 Å². The molecule has 77 heavy (non-hydrogen) atoms. The minimum absolute atomic E-state index is 0.0260. The minimum atomic E-state index is -2.00. The number of nitrogens with two attached hydrogens (primary N) is 3. The minimum Gasteiger partial charge on any atom is -0.481 e. The normalized spacial score (nSPS) is 23.7. The largest absolute Gasteiger partial charge is 0.481 e. The van der Waals surface area contributed by atoms with Gasteiger partial charge in [-0.25, -0.2) is 4.79 Å². The van der Waals surface area contributed by atoms with Crippen LogP contribution in [-0.4, -0.2) is 211 Å². The number of carbonyl (C=O) groups excluding carboxylic acids is 11. The van der Waals surface area contributed by atoms with Crippen LogP contribution in [-0.2, 0) is 110 Å². The van der Waals surface area contributed by atoms with E-state index in [9.17, 15) is 72.5 Å². The molecule has 432 valence electrons. The zero-order valence-corrected chi connectivity index (χ0v) is 43.6. The number of rotatable bonds is 29. The van der Waals surface area contributed by atoms with Crippen molar-refractivity contribution < 1.29 is 120 Å². The van der Waals surface area contributed by atoms with Crippen LogP contribution in [0.15, 0.2) is 4.99 Å². The highest BCUT2D eigenvalue weighted by Gasteiger charge is 2.57. The molecule has 12 N–H and O–H groups in total. The number of hydrogen-bond donors (Lipinski definition) is 9. The van der Waals surface area contributed by atoms with Gasteiger partial charge in [0.05, 0.1) is 19.5 Å². The standard InChI is InChI=1S/C43H64N8O25S/c1-17(52)67-14-27-32(69-19(3)54)34(70-20(4)55)36(72-22(6)57)41(74-27)76-33-28(15-68-18(2)53)75-42(37(73-23(7)58)35(33)71-21(5)56)77-16-26(40(65)66)51-39(64)25(11-31(61)62)50-30(60)13-48-38(63)24(49-29(59)12-44)9-8-10-47-43(45)46/h24-28,32-37,41-42H,8-16,44H2,1-7H3,(H,48,63)(H,49,59)(H,50,60)(H,51,64)(H,61,62)(H,65,66)(H4,45,46,47)/t24-,25-,26-,27+,28+,32-,33+,34-,35-,36+,37+,41-,42-/m0/s1. The van der Waals surface area contributed by atoms with Crippen molar-refractivity contribution in [3.8, 4) is 0 Å². The van der Waals surface area contributed by atoms with Crippen molar-refractivity contribution in [1.82, 2.24) is 21.3 Å². The van der Waals surface area contributed by atoms with Gasteiger partial charge in [0.15, 0.2) is 42.8 Å². The van der Waals surface area contributed by atoms with E-state index in [1.54, 1.807) is 0 Å². The summed E-state index contributed by atoms with van der Waals surface area (Å²) in [4.78, 5) is 167. The number of aliphatic imine (C=N–C) groups is 1. The van der Waals surface area contributed by atoms with Gasteiger partial charge in [0.1, 0.15) is 55.1 Å². The number of carboxylic acids is 2. The van der Waals surface area contributed by atoms with E-state index in [4.69, 9.17) is 64.6 Å². The second-order valence-corrected chi connectivity index (χ2v) is 17.7. The number of nitrogens with one attached hydrogen (secondary N) is 4. The molecule has 0 saturated carbocycles. The van der Waals surface area contributed by atoms with Crippen LogP contribution in [0.25, 0.3) is 0 Å². The van der Waals surface area contributed by atoms with Crippen molar-refractivity contribution in [1.29, 1.82) is 0 Å². The molecular formula is C43H64N8O25S. The summed E-state index contributed by atoms with van der Waals surface area (Å²) < 4.78 is 56.4. The van der Waals surface area contributed by atoms with Crippen molar-refractivity contribution >= 4 is 95.1 Å². The molecule has 2 saturated heterocycles. The fraction of sp³-hybridized carbons (Fsp3) is 0.674.